The van der Waals surface area contributed by atoms with Gasteiger partial charge in [0, 0.05) is 12.8 Å². The highest BCUT2D eigenvalue weighted by Crippen LogP contribution is 2.43. The van der Waals surface area contributed by atoms with E-state index in [2.05, 4.69) is 98.9 Å². The van der Waals surface area contributed by atoms with Crippen molar-refractivity contribution < 1.29 is 42.1 Å². The number of phosphoric ester groups is 1. The highest BCUT2D eigenvalue weighted by atomic mass is 31.2. The zero-order valence-electron chi connectivity index (χ0n) is 61.3. The van der Waals surface area contributed by atoms with Gasteiger partial charge < -0.3 is 18.9 Å². The third-order valence-corrected chi connectivity index (χ3v) is 18.4. The van der Waals surface area contributed by atoms with Crippen LogP contribution in [-0.2, 0) is 32.7 Å². The Balaban J connectivity index is 3.94. The van der Waals surface area contributed by atoms with E-state index in [4.69, 9.17) is 18.5 Å². The Labute approximate surface area is 571 Å². The Bertz CT molecular complexity index is 1830. The van der Waals surface area contributed by atoms with Crippen molar-refractivity contribution in [3.05, 3.63) is 85.1 Å². The first kappa shape index (κ1) is 89.2. The molecule has 0 fully saturated rings. The summed E-state index contributed by atoms with van der Waals surface area (Å²) in [6.07, 6.45) is 100. The molecule has 536 valence electrons. The molecular formula is C82H151NO8P+. The predicted molar refractivity (Wildman–Crippen MR) is 399 cm³/mol. The second-order valence-corrected chi connectivity index (χ2v) is 29.2. The summed E-state index contributed by atoms with van der Waals surface area (Å²) in [4.78, 5) is 36.0. The van der Waals surface area contributed by atoms with E-state index >= 15 is 0 Å². The molecule has 0 aromatic carbocycles. The number of phosphoric acid groups is 1. The van der Waals surface area contributed by atoms with E-state index in [0.717, 1.165) is 70.6 Å². The van der Waals surface area contributed by atoms with E-state index in [1.807, 2.05) is 21.1 Å². The monoisotopic (exact) mass is 1310 g/mol. The van der Waals surface area contributed by atoms with Crippen LogP contribution in [-0.4, -0.2) is 74.9 Å². The second kappa shape index (κ2) is 72.5. The molecule has 0 radical (unpaired) electrons. The molecule has 0 amide bonds. The number of nitrogens with zero attached hydrogens (tertiary/aromatic N) is 1. The largest absolute Gasteiger partial charge is 0.472 e. The van der Waals surface area contributed by atoms with Crippen LogP contribution < -0.4 is 0 Å². The van der Waals surface area contributed by atoms with Crippen LogP contribution in [0.2, 0.25) is 0 Å². The highest BCUT2D eigenvalue weighted by molar-refractivity contribution is 7.47. The lowest BCUT2D eigenvalue weighted by atomic mass is 10.0. The lowest BCUT2D eigenvalue weighted by Crippen LogP contribution is -2.37. The van der Waals surface area contributed by atoms with Crippen molar-refractivity contribution in [2.45, 2.75) is 380 Å². The molecule has 9 nitrogen and oxygen atoms in total. The van der Waals surface area contributed by atoms with Gasteiger partial charge in [-0.2, -0.15) is 0 Å². The molecule has 1 N–H and O–H groups in total. The lowest BCUT2D eigenvalue weighted by molar-refractivity contribution is -0.870. The number of carbonyl (C=O) groups is 2. The molecule has 0 rings (SSSR count). The van der Waals surface area contributed by atoms with Gasteiger partial charge in [-0.25, -0.2) is 4.57 Å². The minimum atomic E-state index is -4.40. The maximum Gasteiger partial charge on any atom is 0.472 e. The number of allylic oxidation sites excluding steroid dienone is 14. The molecule has 0 aliphatic heterocycles. The third kappa shape index (κ3) is 76.2. The molecule has 0 saturated carbocycles. The number of esters is 2. The summed E-state index contributed by atoms with van der Waals surface area (Å²) in [5.74, 6) is -0.781. The van der Waals surface area contributed by atoms with Crippen LogP contribution in [0.5, 0.6) is 0 Å². The number of carbonyl (C=O) groups excluding carboxylic acids is 2. The van der Waals surface area contributed by atoms with E-state index in [1.54, 1.807) is 0 Å². The summed E-state index contributed by atoms with van der Waals surface area (Å²) in [5.41, 5.74) is 0. The number of hydrogen-bond acceptors (Lipinski definition) is 7. The van der Waals surface area contributed by atoms with Crippen molar-refractivity contribution in [2.24, 2.45) is 0 Å². The van der Waals surface area contributed by atoms with Crippen LogP contribution in [0.1, 0.15) is 373 Å². The van der Waals surface area contributed by atoms with Gasteiger partial charge in [0.2, 0.25) is 0 Å². The number of unbranched alkanes of at least 4 members (excludes halogenated alkanes) is 45. The molecule has 0 bridgehead atoms. The van der Waals surface area contributed by atoms with Crippen molar-refractivity contribution in [1.29, 1.82) is 0 Å². The van der Waals surface area contributed by atoms with Gasteiger partial charge in [0.1, 0.15) is 19.8 Å². The van der Waals surface area contributed by atoms with Crippen molar-refractivity contribution >= 4 is 19.8 Å². The maximum absolute atomic E-state index is 12.9. The summed E-state index contributed by atoms with van der Waals surface area (Å²) in [6.45, 7) is 4.36. The summed E-state index contributed by atoms with van der Waals surface area (Å²) < 4.78 is 34.8. The Morgan fingerprint density at radius 1 is 0.348 bits per heavy atom. The van der Waals surface area contributed by atoms with Crippen molar-refractivity contribution in [3.8, 4) is 0 Å². The third-order valence-electron chi connectivity index (χ3n) is 17.4. The van der Waals surface area contributed by atoms with Gasteiger partial charge in [-0.15, -0.1) is 0 Å². The molecule has 2 atom stereocenters. The fourth-order valence-corrected chi connectivity index (χ4v) is 12.2. The zero-order valence-corrected chi connectivity index (χ0v) is 62.2. The summed E-state index contributed by atoms with van der Waals surface area (Å²) >= 11 is 0. The standard InChI is InChI=1S/C82H150NO8P/c1-6-8-10-12-14-16-18-20-22-24-26-28-30-32-34-36-38-39-40-41-42-43-45-46-48-50-52-54-56-58-60-62-64-66-68-70-72-74-81(84)88-78-80(79-90-92(86,87)89-77-76-83(3,4)5)91-82(85)75-73-71-69-67-65-63-61-59-57-55-53-51-49-47-44-37-35-33-31-29-27-25-23-21-19-17-15-13-11-9-7-2/h9,11,15,17-18,20-21,23-24,26-27,29,33,35,80H,6-8,10,12-14,16,19,22,25,28,30-32,34,36-79H2,1-5H3/p+1/b11-9-,17-15-,20-18-,23-21-,26-24-,29-27-,35-33-. The SMILES string of the molecule is CC/C=C\C/C=C\C/C=C\C/C=C\C/C=C\CCCCCCCCCCCCCCCCCC(=O)OC(COC(=O)CCCCCCCCCCCCCCCCCCCCCCCCCCC/C=C\C/C=C\CCCCCCC)COP(=O)(O)OCC[N+](C)(C)C. The molecule has 10 heteroatoms. The van der Waals surface area contributed by atoms with Gasteiger partial charge in [-0.3, -0.25) is 18.6 Å². The van der Waals surface area contributed by atoms with E-state index in [1.165, 1.54) is 270 Å². The van der Waals surface area contributed by atoms with Gasteiger partial charge >= 0.3 is 19.8 Å². The highest BCUT2D eigenvalue weighted by Gasteiger charge is 2.27. The van der Waals surface area contributed by atoms with Gasteiger partial charge in [0.25, 0.3) is 0 Å². The maximum atomic E-state index is 12.9. The van der Waals surface area contributed by atoms with Crippen LogP contribution in [0, 0.1) is 0 Å². The Kier molecular flexibility index (Phi) is 70.2. The van der Waals surface area contributed by atoms with Crippen molar-refractivity contribution in [2.75, 3.05) is 47.5 Å². The number of likely N-dealkylation sites (N-methyl/N-ethyl adjacent to an activating group) is 1. The average molecular weight is 1310 g/mol. The fourth-order valence-electron chi connectivity index (χ4n) is 11.4. The number of rotatable bonds is 73. The van der Waals surface area contributed by atoms with E-state index < -0.39 is 26.5 Å². The summed E-state index contributed by atoms with van der Waals surface area (Å²) in [6, 6.07) is 0. The molecule has 0 aliphatic rings. The van der Waals surface area contributed by atoms with Gasteiger partial charge in [0.15, 0.2) is 6.10 Å². The van der Waals surface area contributed by atoms with Crippen molar-refractivity contribution in [3.63, 3.8) is 0 Å². The van der Waals surface area contributed by atoms with E-state index in [-0.39, 0.29) is 25.6 Å². The first-order valence-electron chi connectivity index (χ1n) is 39.3. The Morgan fingerprint density at radius 3 is 0.924 bits per heavy atom. The number of hydrogen-bond donors (Lipinski definition) is 1. The average Bonchev–Trinajstić information content (AvgIpc) is 2.14. The molecule has 92 heavy (non-hydrogen) atoms. The zero-order chi connectivity index (χ0) is 66.9. The minimum Gasteiger partial charge on any atom is -0.462 e. The van der Waals surface area contributed by atoms with Crippen LogP contribution in [0.15, 0.2) is 85.1 Å². The number of quaternary nitrogens is 1. The second-order valence-electron chi connectivity index (χ2n) is 27.7. The summed E-state index contributed by atoms with van der Waals surface area (Å²) in [5, 5.41) is 0. The predicted octanol–water partition coefficient (Wildman–Crippen LogP) is 26.1. The fraction of sp³-hybridized carbons (Fsp3) is 0.805. The van der Waals surface area contributed by atoms with Crippen LogP contribution in [0.25, 0.3) is 0 Å². The molecule has 0 aliphatic carbocycles. The molecule has 0 heterocycles. The quantitative estimate of drug-likeness (QED) is 0.0211. The topological polar surface area (TPSA) is 108 Å². The molecule has 0 saturated heterocycles. The first-order valence-corrected chi connectivity index (χ1v) is 40.8. The van der Waals surface area contributed by atoms with E-state index in [9.17, 15) is 19.0 Å². The summed E-state index contributed by atoms with van der Waals surface area (Å²) in [7, 11) is 1.49. The first-order chi connectivity index (χ1) is 45.0. The van der Waals surface area contributed by atoms with E-state index in [0.29, 0.717) is 23.9 Å². The van der Waals surface area contributed by atoms with Gasteiger partial charge in [0.05, 0.1) is 27.7 Å². The number of ether oxygens (including phenoxy) is 2. The van der Waals surface area contributed by atoms with Crippen LogP contribution >= 0.6 is 7.82 Å². The minimum absolute atomic E-state index is 0.0316. The molecule has 0 spiro atoms. The van der Waals surface area contributed by atoms with Gasteiger partial charge in [-0.05, 0) is 89.9 Å². The van der Waals surface area contributed by atoms with Crippen LogP contribution in [0.3, 0.4) is 0 Å². The molecule has 0 aromatic heterocycles. The molecular weight excluding hydrogens is 1160 g/mol. The van der Waals surface area contributed by atoms with Gasteiger partial charge in [-0.1, -0.05) is 356 Å². The Morgan fingerprint density at radius 2 is 0.620 bits per heavy atom. The Hall–Kier alpha value is -2.81. The van der Waals surface area contributed by atoms with Crippen molar-refractivity contribution in [1.82, 2.24) is 0 Å². The lowest BCUT2D eigenvalue weighted by Gasteiger charge is -2.24. The normalized spacial score (nSPS) is 13.5. The molecule has 0 aromatic rings. The molecule has 2 unspecified atom stereocenters. The van der Waals surface area contributed by atoms with Crippen LogP contribution in [0.4, 0.5) is 0 Å². The smallest absolute Gasteiger partial charge is 0.462 e.